The summed E-state index contributed by atoms with van der Waals surface area (Å²) in [7, 11) is -3.19. The maximum absolute atomic E-state index is 13.4. The molecule has 0 aliphatic rings. The lowest BCUT2D eigenvalue weighted by Gasteiger charge is -2.27. The van der Waals surface area contributed by atoms with Crippen LogP contribution in [-0.4, -0.2) is 52.4 Å². The summed E-state index contributed by atoms with van der Waals surface area (Å²) in [5.41, 5.74) is 1.10. The molecule has 0 aliphatic heterocycles. The maximum Gasteiger partial charge on any atom is 0.419 e. The molecule has 3 rings (SSSR count). The van der Waals surface area contributed by atoms with Crippen LogP contribution in [0.1, 0.15) is 117 Å². The number of hydrogen-bond acceptors (Lipinski definition) is 7. The summed E-state index contributed by atoms with van der Waals surface area (Å²) in [4.78, 5) is 14.7. The number of carbonyl (C=O) groups is 1. The number of amides is 1. The molecule has 0 radical (unpaired) electrons. The third kappa shape index (κ3) is 10.2. The molecule has 252 valence electrons. The molecule has 0 saturated carbocycles. The van der Waals surface area contributed by atoms with Crippen LogP contribution in [0.3, 0.4) is 0 Å². The van der Waals surface area contributed by atoms with Crippen LogP contribution in [0.5, 0.6) is 5.75 Å². The first-order chi connectivity index (χ1) is 21.3. The minimum absolute atomic E-state index is 0.0620. The van der Waals surface area contributed by atoms with Gasteiger partial charge in [0.25, 0.3) is 0 Å². The summed E-state index contributed by atoms with van der Waals surface area (Å²) in [6, 6.07) is 2.72. The lowest BCUT2D eigenvalue weighted by Crippen LogP contribution is -2.29. The Labute approximate surface area is 277 Å². The van der Waals surface area contributed by atoms with Gasteiger partial charge >= 0.3 is 6.09 Å². The Kier molecular flexibility index (Phi) is 13.9. The molecule has 0 bridgehead atoms. The fourth-order valence-electron chi connectivity index (χ4n) is 5.31. The molecule has 3 aromatic rings. The maximum atomic E-state index is 13.4. The molecular weight excluding hydrogens is 637 g/mol. The highest BCUT2D eigenvalue weighted by Crippen LogP contribution is 2.42. The molecule has 0 spiro atoms. The Bertz CT molecular complexity index is 1490. The van der Waals surface area contributed by atoms with Gasteiger partial charge in [0.2, 0.25) is 5.65 Å². The van der Waals surface area contributed by atoms with E-state index in [9.17, 15) is 18.3 Å². The molecule has 13 heteroatoms. The molecule has 0 saturated heterocycles. The number of H-pyrrole nitrogens is 1. The Balaban J connectivity index is 1.73. The number of aromatic nitrogens is 4. The highest BCUT2D eigenvalue weighted by Gasteiger charge is 2.34. The third-order valence-electron chi connectivity index (χ3n) is 7.73. The minimum atomic E-state index is -3.19. The lowest BCUT2D eigenvalue weighted by atomic mass is 9.91. The highest BCUT2D eigenvalue weighted by molar-refractivity contribution is 7.91. The number of hydrogen-bond donors (Lipinski definition) is 1. The molecule has 1 N–H and O–H groups in total. The van der Waals surface area contributed by atoms with Gasteiger partial charge in [-0.2, -0.15) is 0 Å². The predicted octanol–water partition coefficient (Wildman–Crippen LogP) is 8.30. The Morgan fingerprint density at radius 2 is 1.49 bits per heavy atom. The number of aryl methyl sites for hydroxylation is 1. The molecule has 1 aromatic carbocycles. The van der Waals surface area contributed by atoms with Gasteiger partial charge in [0.05, 0.1) is 29.5 Å². The summed E-state index contributed by atoms with van der Waals surface area (Å²) in [6.45, 7) is 9.93. The fourth-order valence-corrected chi connectivity index (χ4v) is 7.22. The number of benzene rings is 1. The van der Waals surface area contributed by atoms with Crippen LogP contribution in [0.4, 0.5) is 16.2 Å². The van der Waals surface area contributed by atoms with E-state index < -0.39 is 27.1 Å². The second-order valence-corrected chi connectivity index (χ2v) is 15.7. The first kappa shape index (κ1) is 37.0. The molecule has 2 heterocycles. The van der Waals surface area contributed by atoms with Crippen LogP contribution in [0.25, 0.3) is 5.65 Å². The zero-order valence-electron chi connectivity index (χ0n) is 27.3. The number of ether oxygens (including phenoxy) is 1. The van der Waals surface area contributed by atoms with Crippen molar-refractivity contribution in [1.29, 1.82) is 0 Å². The highest BCUT2D eigenvalue weighted by atomic mass is 35.5. The second kappa shape index (κ2) is 16.9. The molecular formula is C32H48Cl2N5O5S-. The number of sulfone groups is 1. The number of nitrogens with zero attached hydrogens (tertiary/aromatic N) is 4. The van der Waals surface area contributed by atoms with Gasteiger partial charge in [-0.3, -0.25) is 5.10 Å². The number of fused-ring (bicyclic) bond motifs is 1. The van der Waals surface area contributed by atoms with E-state index in [1.54, 1.807) is 11.4 Å². The quantitative estimate of drug-likeness (QED) is 0.133. The predicted molar refractivity (Wildman–Crippen MR) is 180 cm³/mol. The van der Waals surface area contributed by atoms with Gasteiger partial charge < -0.3 is 9.84 Å². The van der Waals surface area contributed by atoms with Gasteiger partial charge in [0, 0.05) is 21.9 Å². The zero-order valence-corrected chi connectivity index (χ0v) is 29.6. The van der Waals surface area contributed by atoms with Gasteiger partial charge in [-0.05, 0) is 31.9 Å². The first-order valence-corrected chi connectivity index (χ1v) is 18.7. The monoisotopic (exact) mass is 684 g/mol. The van der Waals surface area contributed by atoms with E-state index >= 15 is 0 Å². The van der Waals surface area contributed by atoms with Gasteiger partial charge in [0.1, 0.15) is 15.5 Å². The lowest BCUT2D eigenvalue weighted by molar-refractivity contribution is -0.268. The van der Waals surface area contributed by atoms with Gasteiger partial charge in [-0.15, -0.1) is 10.2 Å². The molecule has 0 atom stereocenters. The Morgan fingerprint density at radius 3 is 2.04 bits per heavy atom. The number of unbranched alkanes of at least 4 members (excludes halogenated alkanes) is 9. The van der Waals surface area contributed by atoms with Crippen LogP contribution < -0.4 is 10.0 Å². The largest absolute Gasteiger partial charge is 0.870 e. The van der Waals surface area contributed by atoms with Crippen molar-refractivity contribution in [2.75, 3.05) is 23.0 Å². The van der Waals surface area contributed by atoms with Crippen LogP contribution in [0.2, 0.25) is 10.0 Å². The summed E-state index contributed by atoms with van der Waals surface area (Å²) >= 11 is 12.3. The Morgan fingerprint density at radius 1 is 0.933 bits per heavy atom. The number of carbonyl (C=O) groups excluding carboxylic acids is 1. The third-order valence-corrected chi connectivity index (χ3v) is 10.1. The summed E-state index contributed by atoms with van der Waals surface area (Å²) in [5.74, 6) is 0.244. The van der Waals surface area contributed by atoms with Crippen molar-refractivity contribution < 1.29 is 23.1 Å². The molecule has 0 fully saturated rings. The summed E-state index contributed by atoms with van der Waals surface area (Å²) in [5, 5.41) is 24.0. The first-order valence-electron chi connectivity index (χ1n) is 16.1. The number of aromatic amines is 1. The smallest absolute Gasteiger partial charge is 0.419 e. The normalized spacial score (nSPS) is 12.2. The van der Waals surface area contributed by atoms with E-state index in [1.165, 1.54) is 62.0 Å². The standard InChI is InChI=1S/C32H49Cl2N5O5S/c1-6-8-9-10-11-12-13-14-15-16-19-45(42,43)20-17-18-26-35-36-30-27(29(32(3,4)5)37-39(26)30)38(31(41)44-7-2)23-21-24(33)28(40)25(34)22-23/h21-22,37,40H,6-20H2,1-5H3/p-1. The number of halogens is 2. The average molecular weight is 686 g/mol. The zero-order chi connectivity index (χ0) is 33.2. The molecule has 10 nitrogen and oxygen atoms in total. The molecule has 0 aliphatic carbocycles. The van der Waals surface area contributed by atoms with E-state index in [-0.39, 0.29) is 33.8 Å². The molecule has 0 unspecified atom stereocenters. The van der Waals surface area contributed by atoms with E-state index in [2.05, 4.69) is 22.2 Å². The van der Waals surface area contributed by atoms with Crippen molar-refractivity contribution >= 4 is 56.2 Å². The average Bonchev–Trinajstić information content (AvgIpc) is 3.53. The minimum Gasteiger partial charge on any atom is -0.870 e. The summed E-state index contributed by atoms with van der Waals surface area (Å²) < 4.78 is 32.6. The van der Waals surface area contributed by atoms with Crippen molar-refractivity contribution in [3.05, 3.63) is 33.7 Å². The van der Waals surface area contributed by atoms with Gasteiger partial charge in [-0.1, -0.05) is 114 Å². The summed E-state index contributed by atoms with van der Waals surface area (Å²) in [6.07, 6.45) is 11.6. The van der Waals surface area contributed by atoms with Crippen LogP contribution in [-0.2, 0) is 26.4 Å². The SMILES string of the molecule is CCCCCCCCCCCCS(=O)(=O)CCCc1nnc2c(N(C(=O)OCC)c3cc(Cl)c([O-])c(Cl)c3)c(C(C)(C)C)[nH]n12. The van der Waals surface area contributed by atoms with Crippen molar-refractivity contribution in [3.8, 4) is 5.75 Å². The van der Waals surface area contributed by atoms with Crippen molar-refractivity contribution in [2.24, 2.45) is 0 Å². The second-order valence-electron chi connectivity index (χ2n) is 12.6. The Hall–Kier alpha value is -2.50. The van der Waals surface area contributed by atoms with Crippen molar-refractivity contribution in [3.63, 3.8) is 0 Å². The molecule has 45 heavy (non-hydrogen) atoms. The van der Waals surface area contributed by atoms with E-state index in [0.29, 0.717) is 42.1 Å². The van der Waals surface area contributed by atoms with Crippen molar-refractivity contribution in [1.82, 2.24) is 19.8 Å². The van der Waals surface area contributed by atoms with E-state index in [1.807, 2.05) is 20.8 Å². The number of rotatable bonds is 18. The van der Waals surface area contributed by atoms with Crippen LogP contribution in [0, 0.1) is 0 Å². The van der Waals surface area contributed by atoms with Gasteiger partial charge in [0.15, 0.2) is 5.82 Å². The number of anilines is 2. The topological polar surface area (TPSA) is 133 Å². The van der Waals surface area contributed by atoms with Crippen molar-refractivity contribution in [2.45, 2.75) is 117 Å². The fraction of sp³-hybridized carbons (Fsp3) is 0.656. The molecule has 2 aromatic heterocycles. The number of nitrogens with one attached hydrogen (secondary N) is 1. The van der Waals surface area contributed by atoms with E-state index in [4.69, 9.17) is 27.9 Å². The molecule has 1 amide bonds. The van der Waals surface area contributed by atoms with Crippen LogP contribution >= 0.6 is 23.2 Å². The van der Waals surface area contributed by atoms with Gasteiger partial charge in [-0.25, -0.2) is 22.6 Å². The van der Waals surface area contributed by atoms with E-state index in [0.717, 1.165) is 12.8 Å². The van der Waals surface area contributed by atoms with Crippen LogP contribution in [0.15, 0.2) is 12.1 Å².